The molecule has 3 nitrogen and oxygen atoms in total. The van der Waals surface area contributed by atoms with E-state index >= 15 is 0 Å². The van der Waals surface area contributed by atoms with Gasteiger partial charge in [0, 0.05) is 13.1 Å². The molecule has 0 spiro atoms. The zero-order valence-electron chi connectivity index (χ0n) is 10.9. The Kier molecular flexibility index (Phi) is 4.89. The molecule has 1 saturated carbocycles. The van der Waals surface area contributed by atoms with Gasteiger partial charge < -0.3 is 10.4 Å². The second-order valence-electron chi connectivity index (χ2n) is 5.16. The van der Waals surface area contributed by atoms with Crippen LogP contribution in [0.4, 0.5) is 4.39 Å². The molecule has 1 aromatic rings. The summed E-state index contributed by atoms with van der Waals surface area (Å²) in [6.45, 7) is 1.17. The summed E-state index contributed by atoms with van der Waals surface area (Å²) in [5, 5.41) is 22.0. The molecule has 0 heterocycles. The van der Waals surface area contributed by atoms with E-state index in [1.54, 1.807) is 0 Å². The Balaban J connectivity index is 1.88. The van der Waals surface area contributed by atoms with Crippen LogP contribution in [0.25, 0.3) is 0 Å². The fraction of sp³-hybridized carbons (Fsp3) is 0.533. The van der Waals surface area contributed by atoms with Crippen LogP contribution in [0.3, 0.4) is 0 Å². The number of hydrogen-bond acceptors (Lipinski definition) is 3. The summed E-state index contributed by atoms with van der Waals surface area (Å²) in [5.74, 6) is -0.0543. The van der Waals surface area contributed by atoms with Crippen molar-refractivity contribution in [3.05, 3.63) is 35.1 Å². The molecule has 0 amide bonds. The quantitative estimate of drug-likeness (QED) is 0.875. The van der Waals surface area contributed by atoms with E-state index < -0.39 is 0 Å². The van der Waals surface area contributed by atoms with Gasteiger partial charge in [0.2, 0.25) is 0 Å². The Labute approximate surface area is 113 Å². The molecule has 0 aliphatic heterocycles. The summed E-state index contributed by atoms with van der Waals surface area (Å²) < 4.78 is 13.2. The minimum atomic E-state index is -0.325. The van der Waals surface area contributed by atoms with Crippen LogP contribution >= 0.6 is 0 Å². The Morgan fingerprint density at radius 3 is 2.89 bits per heavy atom. The Hall–Kier alpha value is -1.44. The van der Waals surface area contributed by atoms with Crippen LogP contribution in [0.2, 0.25) is 0 Å². The van der Waals surface area contributed by atoms with Crippen LogP contribution in [0.15, 0.2) is 18.2 Å². The lowest BCUT2D eigenvalue weighted by Crippen LogP contribution is -2.33. The van der Waals surface area contributed by atoms with Gasteiger partial charge in [-0.3, -0.25) is 0 Å². The number of nitriles is 1. The lowest BCUT2D eigenvalue weighted by Gasteiger charge is -2.27. The molecule has 4 heteroatoms. The van der Waals surface area contributed by atoms with Gasteiger partial charge in [-0.15, -0.1) is 0 Å². The van der Waals surface area contributed by atoms with E-state index in [4.69, 9.17) is 5.26 Å². The summed E-state index contributed by atoms with van der Waals surface area (Å²) in [6, 6.07) is 6.26. The molecule has 2 N–H and O–H groups in total. The molecule has 2 rings (SSSR count). The van der Waals surface area contributed by atoms with Crippen molar-refractivity contribution in [3.8, 4) is 6.07 Å². The second kappa shape index (κ2) is 6.65. The van der Waals surface area contributed by atoms with Crippen LogP contribution in [-0.2, 0) is 6.54 Å². The Morgan fingerprint density at radius 2 is 2.16 bits per heavy atom. The summed E-state index contributed by atoms with van der Waals surface area (Å²) in [4.78, 5) is 0. The van der Waals surface area contributed by atoms with Gasteiger partial charge in [-0.1, -0.05) is 12.8 Å². The van der Waals surface area contributed by atoms with Gasteiger partial charge in [0.1, 0.15) is 5.82 Å². The maximum atomic E-state index is 13.2. The second-order valence-corrected chi connectivity index (χ2v) is 5.16. The molecule has 2 unspecified atom stereocenters. The van der Waals surface area contributed by atoms with E-state index in [0.29, 0.717) is 24.2 Å². The normalized spacial score (nSPS) is 23.0. The molecular formula is C15H19FN2O. The van der Waals surface area contributed by atoms with Crippen molar-refractivity contribution in [1.29, 1.82) is 5.26 Å². The third-order valence-corrected chi connectivity index (χ3v) is 3.78. The first-order chi connectivity index (χ1) is 9.20. The number of rotatable bonds is 4. The Morgan fingerprint density at radius 1 is 1.37 bits per heavy atom. The third kappa shape index (κ3) is 3.76. The van der Waals surface area contributed by atoms with Gasteiger partial charge in [0.15, 0.2) is 0 Å². The molecule has 0 radical (unpaired) electrons. The zero-order chi connectivity index (χ0) is 13.7. The van der Waals surface area contributed by atoms with Crippen molar-refractivity contribution >= 4 is 0 Å². The van der Waals surface area contributed by atoms with Gasteiger partial charge in [0.05, 0.1) is 17.7 Å². The standard InChI is InChI=1S/C15H19FN2O/c16-14-6-5-11(8-17)13(7-14)10-18-9-12-3-1-2-4-15(12)19/h5-7,12,15,18-19H,1-4,9-10H2. The van der Waals surface area contributed by atoms with Crippen LogP contribution in [-0.4, -0.2) is 17.8 Å². The molecule has 0 bridgehead atoms. The average Bonchev–Trinajstić information content (AvgIpc) is 2.41. The van der Waals surface area contributed by atoms with Gasteiger partial charge in [-0.2, -0.15) is 5.26 Å². The van der Waals surface area contributed by atoms with E-state index in [-0.39, 0.29) is 17.8 Å². The van der Waals surface area contributed by atoms with Gasteiger partial charge in [0.25, 0.3) is 0 Å². The number of benzene rings is 1. The molecule has 1 aliphatic carbocycles. The van der Waals surface area contributed by atoms with Crippen molar-refractivity contribution < 1.29 is 9.50 Å². The maximum Gasteiger partial charge on any atom is 0.123 e. The largest absolute Gasteiger partial charge is 0.393 e. The van der Waals surface area contributed by atoms with Crippen LogP contribution in [0.5, 0.6) is 0 Å². The predicted molar refractivity (Wildman–Crippen MR) is 70.8 cm³/mol. The molecule has 102 valence electrons. The van der Waals surface area contributed by atoms with Crippen LogP contribution in [0, 0.1) is 23.1 Å². The van der Waals surface area contributed by atoms with E-state index in [2.05, 4.69) is 11.4 Å². The summed E-state index contributed by atoms with van der Waals surface area (Å²) in [7, 11) is 0. The smallest absolute Gasteiger partial charge is 0.123 e. The molecule has 0 aromatic heterocycles. The van der Waals surface area contributed by atoms with Gasteiger partial charge >= 0.3 is 0 Å². The first-order valence-corrected chi connectivity index (χ1v) is 6.78. The summed E-state index contributed by atoms with van der Waals surface area (Å²) in [5.41, 5.74) is 1.17. The maximum absolute atomic E-state index is 13.2. The van der Waals surface area contributed by atoms with Crippen molar-refractivity contribution in [3.63, 3.8) is 0 Å². The fourth-order valence-electron chi connectivity index (χ4n) is 2.64. The Bertz CT molecular complexity index is 470. The zero-order valence-corrected chi connectivity index (χ0v) is 10.9. The van der Waals surface area contributed by atoms with E-state index in [9.17, 15) is 9.50 Å². The fourth-order valence-corrected chi connectivity index (χ4v) is 2.64. The number of aliphatic hydroxyl groups is 1. The highest BCUT2D eigenvalue weighted by atomic mass is 19.1. The van der Waals surface area contributed by atoms with Crippen molar-refractivity contribution in [2.45, 2.75) is 38.3 Å². The summed E-state index contributed by atoms with van der Waals surface area (Å²) in [6.07, 6.45) is 3.93. The lowest BCUT2D eigenvalue weighted by molar-refractivity contribution is 0.0695. The van der Waals surface area contributed by atoms with Crippen molar-refractivity contribution in [2.75, 3.05) is 6.54 Å². The monoisotopic (exact) mass is 262 g/mol. The molecule has 19 heavy (non-hydrogen) atoms. The lowest BCUT2D eigenvalue weighted by atomic mass is 9.86. The SMILES string of the molecule is N#Cc1ccc(F)cc1CNCC1CCCCC1O. The highest BCUT2D eigenvalue weighted by molar-refractivity contribution is 5.37. The molecule has 2 atom stereocenters. The molecule has 1 aromatic carbocycles. The number of halogens is 1. The van der Waals surface area contributed by atoms with E-state index in [1.165, 1.54) is 18.2 Å². The summed E-state index contributed by atoms with van der Waals surface area (Å²) >= 11 is 0. The molecule has 1 fully saturated rings. The van der Waals surface area contributed by atoms with E-state index in [0.717, 1.165) is 25.7 Å². The predicted octanol–water partition coefficient (Wildman–Crippen LogP) is 2.34. The number of hydrogen-bond donors (Lipinski definition) is 2. The average molecular weight is 262 g/mol. The van der Waals surface area contributed by atoms with Gasteiger partial charge in [-0.25, -0.2) is 4.39 Å². The highest BCUT2D eigenvalue weighted by Gasteiger charge is 2.22. The molecule has 0 saturated heterocycles. The molecule has 1 aliphatic rings. The van der Waals surface area contributed by atoms with Gasteiger partial charge in [-0.05, 0) is 42.5 Å². The van der Waals surface area contributed by atoms with Crippen LogP contribution < -0.4 is 5.32 Å². The highest BCUT2D eigenvalue weighted by Crippen LogP contribution is 2.23. The minimum Gasteiger partial charge on any atom is -0.393 e. The van der Waals surface area contributed by atoms with Crippen molar-refractivity contribution in [1.82, 2.24) is 5.32 Å². The first kappa shape index (κ1) is 14.0. The topological polar surface area (TPSA) is 56.0 Å². The number of nitrogens with zero attached hydrogens (tertiary/aromatic N) is 1. The number of aliphatic hydroxyl groups excluding tert-OH is 1. The first-order valence-electron chi connectivity index (χ1n) is 6.78. The number of nitrogens with one attached hydrogen (secondary N) is 1. The van der Waals surface area contributed by atoms with Crippen LogP contribution in [0.1, 0.15) is 36.8 Å². The van der Waals surface area contributed by atoms with E-state index in [1.807, 2.05) is 0 Å². The third-order valence-electron chi connectivity index (χ3n) is 3.78. The van der Waals surface area contributed by atoms with Crippen molar-refractivity contribution in [2.24, 2.45) is 5.92 Å². The minimum absolute atomic E-state index is 0.232. The molecular weight excluding hydrogens is 243 g/mol.